The molecule has 3 atom stereocenters. The third-order valence-corrected chi connectivity index (χ3v) is 2.91. The molecule has 15 heavy (non-hydrogen) atoms. The van der Waals surface area contributed by atoms with Crippen LogP contribution in [-0.4, -0.2) is 31.2 Å². The molecule has 0 aliphatic heterocycles. The van der Waals surface area contributed by atoms with Crippen LogP contribution in [0.3, 0.4) is 0 Å². The zero-order chi connectivity index (χ0) is 11.3. The molecule has 0 bridgehead atoms. The maximum absolute atomic E-state index is 11.5. The SMILES string of the molecule is COC1CCC(NC(=O)CCC(C)N)C1. The maximum Gasteiger partial charge on any atom is 0.220 e. The molecule has 3 unspecified atom stereocenters. The molecule has 0 radical (unpaired) electrons. The molecule has 0 saturated heterocycles. The Bertz CT molecular complexity index is 207. The second-order valence-corrected chi connectivity index (χ2v) is 4.45. The van der Waals surface area contributed by atoms with Gasteiger partial charge in [-0.05, 0) is 32.6 Å². The second kappa shape index (κ2) is 6.08. The summed E-state index contributed by atoms with van der Waals surface area (Å²) >= 11 is 0. The number of carbonyl (C=O) groups is 1. The zero-order valence-corrected chi connectivity index (χ0v) is 9.66. The summed E-state index contributed by atoms with van der Waals surface area (Å²) in [5.74, 6) is 0.119. The molecule has 0 aromatic carbocycles. The summed E-state index contributed by atoms with van der Waals surface area (Å²) in [7, 11) is 1.73. The topological polar surface area (TPSA) is 64.3 Å². The van der Waals surface area contributed by atoms with Crippen molar-refractivity contribution in [3.8, 4) is 0 Å². The minimum absolute atomic E-state index is 0.103. The van der Waals surface area contributed by atoms with E-state index in [0.29, 0.717) is 18.6 Å². The van der Waals surface area contributed by atoms with Gasteiger partial charge in [0.2, 0.25) is 5.91 Å². The first kappa shape index (κ1) is 12.5. The summed E-state index contributed by atoms with van der Waals surface area (Å²) < 4.78 is 5.25. The van der Waals surface area contributed by atoms with E-state index in [1.54, 1.807) is 7.11 Å². The number of rotatable bonds is 5. The van der Waals surface area contributed by atoms with Crippen LogP contribution in [0.4, 0.5) is 0 Å². The maximum atomic E-state index is 11.5. The van der Waals surface area contributed by atoms with Crippen molar-refractivity contribution in [1.82, 2.24) is 5.32 Å². The van der Waals surface area contributed by atoms with Crippen LogP contribution >= 0.6 is 0 Å². The van der Waals surface area contributed by atoms with Gasteiger partial charge in [-0.2, -0.15) is 0 Å². The van der Waals surface area contributed by atoms with E-state index in [1.807, 2.05) is 6.92 Å². The highest BCUT2D eigenvalue weighted by Crippen LogP contribution is 2.21. The minimum Gasteiger partial charge on any atom is -0.381 e. The van der Waals surface area contributed by atoms with Crippen LogP contribution in [0.15, 0.2) is 0 Å². The van der Waals surface area contributed by atoms with Gasteiger partial charge in [0.1, 0.15) is 0 Å². The number of methoxy groups -OCH3 is 1. The number of hydrogen-bond acceptors (Lipinski definition) is 3. The van der Waals surface area contributed by atoms with Crippen molar-refractivity contribution in [2.24, 2.45) is 5.73 Å². The lowest BCUT2D eigenvalue weighted by atomic mass is 10.1. The van der Waals surface area contributed by atoms with Gasteiger partial charge in [-0.3, -0.25) is 4.79 Å². The quantitative estimate of drug-likeness (QED) is 0.711. The van der Waals surface area contributed by atoms with Gasteiger partial charge < -0.3 is 15.8 Å². The summed E-state index contributed by atoms with van der Waals surface area (Å²) in [5, 5.41) is 3.02. The molecule has 1 amide bonds. The molecule has 0 heterocycles. The molecule has 1 fully saturated rings. The molecule has 4 nitrogen and oxygen atoms in total. The first-order valence-electron chi connectivity index (χ1n) is 5.69. The van der Waals surface area contributed by atoms with Gasteiger partial charge in [0.15, 0.2) is 0 Å². The third-order valence-electron chi connectivity index (χ3n) is 2.91. The minimum atomic E-state index is 0.103. The van der Waals surface area contributed by atoms with Gasteiger partial charge in [-0.25, -0.2) is 0 Å². The van der Waals surface area contributed by atoms with Gasteiger partial charge in [0.25, 0.3) is 0 Å². The van der Waals surface area contributed by atoms with Crippen LogP contribution in [0, 0.1) is 0 Å². The summed E-state index contributed by atoms with van der Waals surface area (Å²) in [6.07, 6.45) is 4.64. The van der Waals surface area contributed by atoms with Gasteiger partial charge in [-0.1, -0.05) is 0 Å². The molecule has 4 heteroatoms. The average molecular weight is 214 g/mol. The van der Waals surface area contributed by atoms with Crippen LogP contribution < -0.4 is 11.1 Å². The number of amides is 1. The van der Waals surface area contributed by atoms with Gasteiger partial charge >= 0.3 is 0 Å². The molecular weight excluding hydrogens is 192 g/mol. The predicted octanol–water partition coefficient (Wildman–Crippen LogP) is 0.797. The highest BCUT2D eigenvalue weighted by Gasteiger charge is 2.25. The van der Waals surface area contributed by atoms with Gasteiger partial charge in [0.05, 0.1) is 6.10 Å². The Hall–Kier alpha value is -0.610. The van der Waals surface area contributed by atoms with E-state index in [-0.39, 0.29) is 11.9 Å². The standard InChI is InChI=1S/C11H22N2O2/c1-8(12)3-6-11(14)13-9-4-5-10(7-9)15-2/h8-10H,3-7,12H2,1-2H3,(H,13,14). The smallest absolute Gasteiger partial charge is 0.220 e. The average Bonchev–Trinajstić information content (AvgIpc) is 2.62. The van der Waals surface area contributed by atoms with Gasteiger partial charge in [-0.15, -0.1) is 0 Å². The fourth-order valence-corrected chi connectivity index (χ4v) is 1.94. The molecule has 1 rings (SSSR count). The van der Waals surface area contributed by atoms with E-state index >= 15 is 0 Å². The number of nitrogens with two attached hydrogens (primary N) is 1. The third kappa shape index (κ3) is 4.62. The van der Waals surface area contributed by atoms with Crippen molar-refractivity contribution in [1.29, 1.82) is 0 Å². The fraction of sp³-hybridized carbons (Fsp3) is 0.909. The molecule has 1 aliphatic carbocycles. The van der Waals surface area contributed by atoms with Crippen molar-refractivity contribution >= 4 is 5.91 Å². The van der Waals surface area contributed by atoms with E-state index in [0.717, 1.165) is 25.7 Å². The monoisotopic (exact) mass is 214 g/mol. The molecule has 0 spiro atoms. The van der Waals surface area contributed by atoms with E-state index in [9.17, 15) is 4.79 Å². The normalized spacial score (nSPS) is 27.7. The molecule has 3 N–H and O–H groups in total. The Labute approximate surface area is 91.5 Å². The Kier molecular flexibility index (Phi) is 5.05. The molecule has 0 aromatic heterocycles. The summed E-state index contributed by atoms with van der Waals surface area (Å²) in [5.41, 5.74) is 5.59. The highest BCUT2D eigenvalue weighted by atomic mass is 16.5. The van der Waals surface area contributed by atoms with Gasteiger partial charge in [0, 0.05) is 25.6 Å². The van der Waals surface area contributed by atoms with Crippen molar-refractivity contribution in [2.45, 2.75) is 57.2 Å². The number of hydrogen-bond donors (Lipinski definition) is 2. The Morgan fingerprint density at radius 2 is 2.33 bits per heavy atom. The summed E-state index contributed by atoms with van der Waals surface area (Å²) in [4.78, 5) is 11.5. The first-order chi connectivity index (χ1) is 7.11. The highest BCUT2D eigenvalue weighted by molar-refractivity contribution is 5.76. The zero-order valence-electron chi connectivity index (χ0n) is 9.66. The van der Waals surface area contributed by atoms with Crippen molar-refractivity contribution < 1.29 is 9.53 Å². The van der Waals surface area contributed by atoms with E-state index < -0.39 is 0 Å². The first-order valence-corrected chi connectivity index (χ1v) is 5.69. The van der Waals surface area contributed by atoms with Crippen molar-refractivity contribution in [2.75, 3.05) is 7.11 Å². The second-order valence-electron chi connectivity index (χ2n) is 4.45. The Balaban J connectivity index is 2.16. The number of ether oxygens (including phenoxy) is 1. The van der Waals surface area contributed by atoms with Crippen LogP contribution in [0.5, 0.6) is 0 Å². The Morgan fingerprint density at radius 3 is 2.87 bits per heavy atom. The molecular formula is C11H22N2O2. The van der Waals surface area contributed by atoms with Crippen LogP contribution in [0.25, 0.3) is 0 Å². The van der Waals surface area contributed by atoms with E-state index in [2.05, 4.69) is 5.32 Å². The van der Waals surface area contributed by atoms with E-state index in [4.69, 9.17) is 10.5 Å². The summed E-state index contributed by atoms with van der Waals surface area (Å²) in [6.45, 7) is 1.92. The van der Waals surface area contributed by atoms with Crippen molar-refractivity contribution in [3.05, 3.63) is 0 Å². The number of carbonyl (C=O) groups excluding carboxylic acids is 1. The van der Waals surface area contributed by atoms with Crippen LogP contribution in [-0.2, 0) is 9.53 Å². The lowest BCUT2D eigenvalue weighted by Crippen LogP contribution is -2.34. The predicted molar refractivity (Wildman–Crippen MR) is 59.5 cm³/mol. The Morgan fingerprint density at radius 1 is 1.60 bits per heavy atom. The fourth-order valence-electron chi connectivity index (χ4n) is 1.94. The van der Waals surface area contributed by atoms with Crippen LogP contribution in [0.1, 0.15) is 39.0 Å². The molecule has 1 aliphatic rings. The summed E-state index contributed by atoms with van der Waals surface area (Å²) in [6, 6.07) is 0.404. The largest absolute Gasteiger partial charge is 0.381 e. The molecule has 0 aromatic rings. The van der Waals surface area contributed by atoms with Crippen molar-refractivity contribution in [3.63, 3.8) is 0 Å². The molecule has 1 saturated carbocycles. The lowest BCUT2D eigenvalue weighted by Gasteiger charge is -2.13. The molecule has 88 valence electrons. The lowest BCUT2D eigenvalue weighted by molar-refractivity contribution is -0.121. The number of nitrogens with one attached hydrogen (secondary N) is 1. The van der Waals surface area contributed by atoms with E-state index in [1.165, 1.54) is 0 Å². The van der Waals surface area contributed by atoms with Crippen LogP contribution in [0.2, 0.25) is 0 Å².